The SMILES string of the molecule is Cc1ccc(OP(=S)(Cl)Cl)cc1. The first-order valence-electron chi connectivity index (χ1n) is 3.23. The van der Waals surface area contributed by atoms with Crippen LogP contribution in [-0.4, -0.2) is 0 Å². The van der Waals surface area contributed by atoms with Gasteiger partial charge < -0.3 is 4.52 Å². The van der Waals surface area contributed by atoms with Gasteiger partial charge in [0.15, 0.2) is 0 Å². The van der Waals surface area contributed by atoms with Crippen LogP contribution in [0.15, 0.2) is 24.3 Å². The summed E-state index contributed by atoms with van der Waals surface area (Å²) in [5, 5.41) is 0. The molecule has 5 heteroatoms. The van der Waals surface area contributed by atoms with Gasteiger partial charge in [0.25, 0.3) is 4.97 Å². The molecule has 0 amide bonds. The van der Waals surface area contributed by atoms with E-state index in [1.807, 2.05) is 19.1 Å². The van der Waals surface area contributed by atoms with Crippen molar-refractivity contribution < 1.29 is 4.52 Å². The minimum absolute atomic E-state index is 0.619. The Hall–Kier alpha value is 0.250. The minimum Gasteiger partial charge on any atom is -0.441 e. The Morgan fingerprint density at radius 3 is 2.17 bits per heavy atom. The van der Waals surface area contributed by atoms with Gasteiger partial charge in [-0.25, -0.2) is 0 Å². The van der Waals surface area contributed by atoms with Gasteiger partial charge in [0.05, 0.1) is 0 Å². The highest BCUT2D eigenvalue weighted by atomic mass is 35.9. The Morgan fingerprint density at radius 1 is 1.25 bits per heavy atom. The molecule has 0 fully saturated rings. The molecular weight excluding hydrogens is 234 g/mol. The normalized spacial score (nSPS) is 11.2. The van der Waals surface area contributed by atoms with Crippen LogP contribution in [0.4, 0.5) is 0 Å². The van der Waals surface area contributed by atoms with Gasteiger partial charge >= 0.3 is 0 Å². The first kappa shape index (κ1) is 10.3. The molecule has 12 heavy (non-hydrogen) atoms. The highest BCUT2D eigenvalue weighted by Crippen LogP contribution is 2.57. The fraction of sp³-hybridized carbons (Fsp3) is 0.143. The summed E-state index contributed by atoms with van der Waals surface area (Å²) in [5.41, 5.74) is 1.15. The van der Waals surface area contributed by atoms with Gasteiger partial charge in [0.2, 0.25) is 0 Å². The summed E-state index contributed by atoms with van der Waals surface area (Å²) in [6.45, 7) is 1.99. The summed E-state index contributed by atoms with van der Waals surface area (Å²) in [4.78, 5) is -2.62. The van der Waals surface area contributed by atoms with E-state index in [1.165, 1.54) is 0 Å². The average molecular weight is 241 g/mol. The van der Waals surface area contributed by atoms with E-state index in [0.717, 1.165) is 5.56 Å². The highest BCUT2D eigenvalue weighted by Gasteiger charge is 2.09. The number of hydrogen-bond acceptors (Lipinski definition) is 2. The molecule has 0 atom stereocenters. The second kappa shape index (κ2) is 3.97. The van der Waals surface area contributed by atoms with Crippen molar-refractivity contribution in [2.24, 2.45) is 0 Å². The first-order valence-corrected chi connectivity index (χ1v) is 7.76. The van der Waals surface area contributed by atoms with Gasteiger partial charge in [-0.05, 0) is 53.3 Å². The highest BCUT2D eigenvalue weighted by molar-refractivity contribution is 8.36. The van der Waals surface area contributed by atoms with Crippen LogP contribution >= 0.6 is 27.5 Å². The lowest BCUT2D eigenvalue weighted by Crippen LogP contribution is -1.80. The molecular formula is C7H7Cl2OPS. The van der Waals surface area contributed by atoms with Gasteiger partial charge in [-0.2, -0.15) is 0 Å². The number of benzene rings is 1. The lowest BCUT2D eigenvalue weighted by molar-refractivity contribution is 0.635. The molecule has 1 aromatic rings. The Labute approximate surface area is 86.3 Å². The van der Waals surface area contributed by atoms with Gasteiger partial charge in [-0.15, -0.1) is 0 Å². The largest absolute Gasteiger partial charge is 0.441 e. The number of hydrogen-bond donors (Lipinski definition) is 0. The van der Waals surface area contributed by atoms with E-state index in [0.29, 0.717) is 5.75 Å². The molecule has 1 nitrogen and oxygen atoms in total. The van der Waals surface area contributed by atoms with Gasteiger partial charge in [0, 0.05) is 0 Å². The van der Waals surface area contributed by atoms with Crippen molar-refractivity contribution >= 4 is 39.3 Å². The number of aryl methyl sites for hydroxylation is 1. The van der Waals surface area contributed by atoms with Gasteiger partial charge in [-0.1, -0.05) is 17.7 Å². The van der Waals surface area contributed by atoms with E-state index >= 15 is 0 Å². The second-order valence-corrected chi connectivity index (χ2v) is 9.45. The summed E-state index contributed by atoms with van der Waals surface area (Å²) in [5.74, 6) is 0.619. The summed E-state index contributed by atoms with van der Waals surface area (Å²) in [6.07, 6.45) is 0. The maximum atomic E-state index is 5.58. The summed E-state index contributed by atoms with van der Waals surface area (Å²) in [6, 6.07) is 7.41. The average Bonchev–Trinajstić information content (AvgIpc) is 1.91. The molecule has 0 unspecified atom stereocenters. The molecule has 0 aliphatic heterocycles. The summed E-state index contributed by atoms with van der Waals surface area (Å²) < 4.78 is 5.11. The van der Waals surface area contributed by atoms with Crippen LogP contribution < -0.4 is 4.52 Å². The molecule has 0 heterocycles. The molecule has 0 spiro atoms. The minimum atomic E-state index is -2.62. The second-order valence-electron chi connectivity index (χ2n) is 2.32. The Kier molecular flexibility index (Phi) is 3.42. The van der Waals surface area contributed by atoms with Crippen molar-refractivity contribution in [3.8, 4) is 5.75 Å². The molecule has 1 rings (SSSR count). The van der Waals surface area contributed by atoms with Crippen LogP contribution in [-0.2, 0) is 11.8 Å². The Balaban J connectivity index is 2.78. The van der Waals surface area contributed by atoms with Crippen molar-refractivity contribution in [1.29, 1.82) is 0 Å². The molecule has 1 aromatic carbocycles. The van der Waals surface area contributed by atoms with Crippen molar-refractivity contribution in [3.63, 3.8) is 0 Å². The smallest absolute Gasteiger partial charge is 0.289 e. The number of halogens is 2. The van der Waals surface area contributed by atoms with E-state index in [1.54, 1.807) is 12.1 Å². The predicted octanol–water partition coefficient (Wildman–Crippen LogP) is 4.08. The Bertz CT molecular complexity index is 306. The molecule has 66 valence electrons. The molecule has 0 bridgehead atoms. The molecule has 0 radical (unpaired) electrons. The van der Waals surface area contributed by atoms with Crippen LogP contribution in [0.25, 0.3) is 0 Å². The predicted molar refractivity (Wildman–Crippen MR) is 57.8 cm³/mol. The fourth-order valence-electron chi connectivity index (χ4n) is 0.722. The van der Waals surface area contributed by atoms with Crippen LogP contribution in [0.5, 0.6) is 5.75 Å². The number of rotatable bonds is 2. The van der Waals surface area contributed by atoms with E-state index in [9.17, 15) is 0 Å². The third kappa shape index (κ3) is 3.77. The van der Waals surface area contributed by atoms with Crippen LogP contribution in [0, 0.1) is 6.92 Å². The molecule has 0 saturated carbocycles. The quantitative estimate of drug-likeness (QED) is 0.721. The van der Waals surface area contributed by atoms with Crippen LogP contribution in [0.3, 0.4) is 0 Å². The van der Waals surface area contributed by atoms with Gasteiger partial charge in [0.1, 0.15) is 5.75 Å². The zero-order valence-electron chi connectivity index (χ0n) is 6.33. The summed E-state index contributed by atoms with van der Waals surface area (Å²) in [7, 11) is 0. The zero-order chi connectivity index (χ0) is 9.19. The third-order valence-electron chi connectivity index (χ3n) is 1.23. The van der Waals surface area contributed by atoms with E-state index in [2.05, 4.69) is 0 Å². The standard InChI is InChI=1S/C7H7Cl2OPS/c1-6-2-4-7(5-3-6)10-11(8,9)12/h2-5H,1H3. The lowest BCUT2D eigenvalue weighted by Gasteiger charge is -2.08. The third-order valence-corrected chi connectivity index (χ3v) is 2.29. The molecule has 0 aromatic heterocycles. The van der Waals surface area contributed by atoms with E-state index in [4.69, 9.17) is 38.8 Å². The monoisotopic (exact) mass is 240 g/mol. The fourth-order valence-corrected chi connectivity index (χ4v) is 1.83. The van der Waals surface area contributed by atoms with E-state index in [-0.39, 0.29) is 0 Å². The Morgan fingerprint density at radius 2 is 1.75 bits per heavy atom. The zero-order valence-corrected chi connectivity index (χ0v) is 9.55. The van der Waals surface area contributed by atoms with Crippen molar-refractivity contribution in [1.82, 2.24) is 0 Å². The van der Waals surface area contributed by atoms with Gasteiger partial charge in [-0.3, -0.25) is 0 Å². The van der Waals surface area contributed by atoms with Crippen molar-refractivity contribution in [2.75, 3.05) is 0 Å². The van der Waals surface area contributed by atoms with Crippen molar-refractivity contribution in [3.05, 3.63) is 29.8 Å². The van der Waals surface area contributed by atoms with Crippen LogP contribution in [0.2, 0.25) is 0 Å². The topological polar surface area (TPSA) is 9.23 Å². The maximum Gasteiger partial charge on any atom is 0.289 e. The van der Waals surface area contributed by atoms with Crippen LogP contribution in [0.1, 0.15) is 5.56 Å². The maximum absolute atomic E-state index is 5.58. The molecule has 0 saturated heterocycles. The summed E-state index contributed by atoms with van der Waals surface area (Å²) >= 11 is 15.9. The molecule has 0 aliphatic carbocycles. The molecule has 0 aliphatic rings. The lowest BCUT2D eigenvalue weighted by atomic mass is 10.2. The van der Waals surface area contributed by atoms with Crippen molar-refractivity contribution in [2.45, 2.75) is 6.92 Å². The molecule has 0 N–H and O–H groups in total. The van der Waals surface area contributed by atoms with E-state index < -0.39 is 4.97 Å². The first-order chi connectivity index (χ1) is 5.47.